The Hall–Kier alpha value is -2.65. The Balaban J connectivity index is 6.74. The van der Waals surface area contributed by atoms with Crippen LogP contribution in [0.2, 0.25) is 0 Å². The summed E-state index contributed by atoms with van der Waals surface area (Å²) in [6.07, 6.45) is -0.251. The number of esters is 5. The minimum Gasteiger partial charge on any atom is -0.469 e. The molecule has 10 nitrogen and oxygen atoms in total. The van der Waals surface area contributed by atoms with Crippen LogP contribution in [0.15, 0.2) is 0 Å². The highest BCUT2D eigenvalue weighted by molar-refractivity contribution is 5.84. The SMILES string of the molecule is COC(=O)C(C)(C)CC(C)(CC(C)(CC(C)(CC(C)(C)C(=O)OC)C(=O)OC)C(=O)OC)C(=O)OC. The zero-order valence-corrected chi connectivity index (χ0v) is 23.9. The Morgan fingerprint density at radius 3 is 0.778 bits per heavy atom. The quantitative estimate of drug-likeness (QED) is 0.265. The van der Waals surface area contributed by atoms with Gasteiger partial charge in [-0.1, -0.05) is 0 Å². The van der Waals surface area contributed by atoms with E-state index in [9.17, 15) is 24.0 Å². The summed E-state index contributed by atoms with van der Waals surface area (Å²) in [6.45, 7) is 11.3. The number of hydrogen-bond donors (Lipinski definition) is 0. The molecular formula is C26H44O10. The molecular weight excluding hydrogens is 472 g/mol. The minimum absolute atomic E-state index is 0.00543. The first-order valence-corrected chi connectivity index (χ1v) is 11.7. The summed E-state index contributed by atoms with van der Waals surface area (Å²) in [5, 5.41) is 0. The molecule has 0 aromatic heterocycles. The third-order valence-corrected chi connectivity index (χ3v) is 6.74. The lowest BCUT2D eigenvalue weighted by Crippen LogP contribution is -2.48. The summed E-state index contributed by atoms with van der Waals surface area (Å²) in [5.74, 6) is -3.00. The van der Waals surface area contributed by atoms with Crippen LogP contribution >= 0.6 is 0 Å². The van der Waals surface area contributed by atoms with Gasteiger partial charge in [-0.15, -0.1) is 0 Å². The second-order valence-corrected chi connectivity index (χ2v) is 11.6. The maximum atomic E-state index is 13.2. The van der Waals surface area contributed by atoms with E-state index in [0.29, 0.717) is 0 Å². The molecule has 2 unspecified atom stereocenters. The maximum absolute atomic E-state index is 13.2. The van der Waals surface area contributed by atoms with Crippen molar-refractivity contribution in [1.29, 1.82) is 0 Å². The summed E-state index contributed by atoms with van der Waals surface area (Å²) < 4.78 is 25.0. The Morgan fingerprint density at radius 2 is 0.583 bits per heavy atom. The predicted octanol–water partition coefficient (Wildman–Crippen LogP) is 3.48. The van der Waals surface area contributed by atoms with Crippen LogP contribution < -0.4 is 0 Å². The zero-order chi connectivity index (χ0) is 28.8. The first-order chi connectivity index (χ1) is 16.2. The van der Waals surface area contributed by atoms with Crippen LogP contribution in [-0.4, -0.2) is 65.4 Å². The summed E-state index contributed by atoms with van der Waals surface area (Å²) in [4.78, 5) is 64.1. The van der Waals surface area contributed by atoms with Gasteiger partial charge in [-0.05, 0) is 74.1 Å². The van der Waals surface area contributed by atoms with Crippen molar-refractivity contribution in [3.8, 4) is 0 Å². The highest BCUT2D eigenvalue weighted by atomic mass is 16.5. The van der Waals surface area contributed by atoms with Crippen LogP contribution in [0.5, 0.6) is 0 Å². The molecule has 0 saturated heterocycles. The molecule has 0 fully saturated rings. The van der Waals surface area contributed by atoms with E-state index >= 15 is 0 Å². The smallest absolute Gasteiger partial charge is 0.311 e. The van der Waals surface area contributed by atoms with Crippen LogP contribution in [-0.2, 0) is 47.7 Å². The van der Waals surface area contributed by atoms with Crippen molar-refractivity contribution in [1.82, 2.24) is 0 Å². The average Bonchev–Trinajstić information content (AvgIpc) is 2.79. The molecule has 208 valence electrons. The maximum Gasteiger partial charge on any atom is 0.311 e. The van der Waals surface area contributed by atoms with E-state index in [1.165, 1.54) is 35.5 Å². The molecule has 0 spiro atoms. The number of methoxy groups -OCH3 is 5. The van der Waals surface area contributed by atoms with Crippen molar-refractivity contribution in [2.45, 2.75) is 74.1 Å². The summed E-state index contributed by atoms with van der Waals surface area (Å²) in [6, 6.07) is 0. The monoisotopic (exact) mass is 516 g/mol. The zero-order valence-electron chi connectivity index (χ0n) is 23.9. The van der Waals surface area contributed by atoms with E-state index in [1.54, 1.807) is 48.5 Å². The fraction of sp³-hybridized carbons (Fsp3) is 0.808. The van der Waals surface area contributed by atoms with Gasteiger partial charge in [-0.2, -0.15) is 0 Å². The first-order valence-electron chi connectivity index (χ1n) is 11.7. The highest BCUT2D eigenvalue weighted by Gasteiger charge is 2.55. The molecule has 0 aliphatic heterocycles. The van der Waals surface area contributed by atoms with E-state index < -0.39 is 56.9 Å². The number of ether oxygens (including phenoxy) is 5. The molecule has 0 aliphatic carbocycles. The van der Waals surface area contributed by atoms with Crippen LogP contribution in [0.25, 0.3) is 0 Å². The Kier molecular flexibility index (Phi) is 11.2. The fourth-order valence-corrected chi connectivity index (χ4v) is 5.73. The van der Waals surface area contributed by atoms with Gasteiger partial charge in [0.1, 0.15) is 0 Å². The Morgan fingerprint density at radius 1 is 0.389 bits per heavy atom. The second kappa shape index (κ2) is 12.1. The van der Waals surface area contributed by atoms with E-state index in [1.807, 2.05) is 0 Å². The normalized spacial score (nSPS) is 16.9. The molecule has 0 bridgehead atoms. The number of hydrogen-bond acceptors (Lipinski definition) is 10. The number of carbonyl (C=O) groups is 5. The molecule has 0 radical (unpaired) electrons. The summed E-state index contributed by atoms with van der Waals surface area (Å²) in [7, 11) is 6.16. The van der Waals surface area contributed by atoms with Crippen molar-refractivity contribution in [2.24, 2.45) is 27.1 Å². The summed E-state index contributed by atoms with van der Waals surface area (Å²) in [5.41, 5.74) is -6.28. The lowest BCUT2D eigenvalue weighted by molar-refractivity contribution is -0.170. The van der Waals surface area contributed by atoms with Crippen LogP contribution in [0.3, 0.4) is 0 Å². The molecule has 0 saturated carbocycles. The van der Waals surface area contributed by atoms with Crippen molar-refractivity contribution in [3.05, 3.63) is 0 Å². The Labute approximate surface area is 214 Å². The predicted molar refractivity (Wildman–Crippen MR) is 130 cm³/mol. The van der Waals surface area contributed by atoms with Crippen molar-refractivity contribution in [2.75, 3.05) is 35.5 Å². The fourth-order valence-electron chi connectivity index (χ4n) is 5.73. The van der Waals surface area contributed by atoms with Gasteiger partial charge in [-0.3, -0.25) is 24.0 Å². The molecule has 0 aromatic carbocycles. The average molecular weight is 517 g/mol. The third-order valence-electron chi connectivity index (χ3n) is 6.74. The first kappa shape index (κ1) is 33.4. The third kappa shape index (κ3) is 7.67. The molecule has 0 aromatic rings. The van der Waals surface area contributed by atoms with Gasteiger partial charge in [0.05, 0.1) is 62.6 Å². The summed E-state index contributed by atoms with van der Waals surface area (Å²) >= 11 is 0. The van der Waals surface area contributed by atoms with Gasteiger partial charge in [-0.25, -0.2) is 0 Å². The second-order valence-electron chi connectivity index (χ2n) is 11.6. The van der Waals surface area contributed by atoms with Crippen molar-refractivity contribution in [3.63, 3.8) is 0 Å². The van der Waals surface area contributed by atoms with Crippen molar-refractivity contribution < 1.29 is 47.7 Å². The molecule has 36 heavy (non-hydrogen) atoms. The van der Waals surface area contributed by atoms with Crippen LogP contribution in [0.1, 0.15) is 74.1 Å². The lowest BCUT2D eigenvalue weighted by Gasteiger charge is -2.43. The van der Waals surface area contributed by atoms with Crippen LogP contribution in [0, 0.1) is 27.1 Å². The molecule has 0 rings (SSSR count). The van der Waals surface area contributed by atoms with Gasteiger partial charge in [0.25, 0.3) is 0 Å². The van der Waals surface area contributed by atoms with E-state index in [0.717, 1.165) is 0 Å². The molecule has 0 aliphatic rings. The van der Waals surface area contributed by atoms with Crippen LogP contribution in [0.4, 0.5) is 0 Å². The molecule has 2 atom stereocenters. The minimum atomic E-state index is -1.42. The van der Waals surface area contributed by atoms with E-state index in [-0.39, 0.29) is 25.7 Å². The van der Waals surface area contributed by atoms with Gasteiger partial charge in [0.2, 0.25) is 0 Å². The van der Waals surface area contributed by atoms with E-state index in [2.05, 4.69) is 0 Å². The van der Waals surface area contributed by atoms with Gasteiger partial charge >= 0.3 is 29.8 Å². The van der Waals surface area contributed by atoms with Gasteiger partial charge < -0.3 is 23.7 Å². The molecule has 0 amide bonds. The van der Waals surface area contributed by atoms with Gasteiger partial charge in [0, 0.05) is 0 Å². The lowest BCUT2D eigenvalue weighted by atomic mass is 9.60. The standard InChI is InChI=1S/C26H44O10/c1-22(2,17(27)32-8)13-24(5,19(29)34-10)15-26(7,21(31)36-12)16-25(6,20(30)35-11)14-23(3,4)18(28)33-9/h13-16H2,1-12H3. The Bertz CT molecular complexity index is 786. The van der Waals surface area contributed by atoms with E-state index in [4.69, 9.17) is 23.7 Å². The van der Waals surface area contributed by atoms with Gasteiger partial charge in [0.15, 0.2) is 0 Å². The number of carbonyl (C=O) groups excluding carboxylic acids is 5. The largest absolute Gasteiger partial charge is 0.469 e. The number of rotatable bonds is 13. The molecule has 0 heterocycles. The molecule has 0 N–H and O–H groups in total. The highest BCUT2D eigenvalue weighted by Crippen LogP contribution is 2.51. The van der Waals surface area contributed by atoms with Crippen molar-refractivity contribution >= 4 is 29.8 Å². The molecule has 10 heteroatoms. The topological polar surface area (TPSA) is 132 Å².